The minimum atomic E-state index is -0.0442. The van der Waals surface area contributed by atoms with Gasteiger partial charge in [-0.3, -0.25) is 4.79 Å². The Balaban J connectivity index is 1.68. The van der Waals surface area contributed by atoms with Crippen molar-refractivity contribution < 1.29 is 4.79 Å². The molecule has 5 heteroatoms. The number of benzene rings is 1. The van der Waals surface area contributed by atoms with Gasteiger partial charge in [0.25, 0.3) is 5.91 Å². The van der Waals surface area contributed by atoms with E-state index in [0.717, 1.165) is 24.3 Å². The Morgan fingerprint density at radius 1 is 1.48 bits per heavy atom. The van der Waals surface area contributed by atoms with Gasteiger partial charge in [-0.25, -0.2) is 0 Å². The second kappa shape index (κ2) is 6.19. The molecule has 114 valence electrons. The maximum absolute atomic E-state index is 12.5. The zero-order valence-corrected chi connectivity index (χ0v) is 13.8. The van der Waals surface area contributed by atoms with E-state index in [2.05, 4.69) is 10.6 Å². The maximum Gasteiger partial charge on any atom is 0.253 e. The number of thioether (sulfide) groups is 1. The van der Waals surface area contributed by atoms with Gasteiger partial charge in [0.05, 0.1) is 10.6 Å². The van der Waals surface area contributed by atoms with Crippen LogP contribution in [-0.2, 0) is 0 Å². The first-order valence-corrected chi connectivity index (χ1v) is 9.12. The largest absolute Gasteiger partial charge is 0.349 e. The Morgan fingerprint density at radius 3 is 2.95 bits per heavy atom. The molecule has 1 saturated heterocycles. The van der Waals surface area contributed by atoms with Crippen LogP contribution in [0.25, 0.3) is 0 Å². The molecule has 1 aromatic carbocycles. The number of hydrogen-bond acceptors (Lipinski definition) is 3. The Kier molecular flexibility index (Phi) is 4.48. The minimum Gasteiger partial charge on any atom is -0.349 e. The van der Waals surface area contributed by atoms with Crippen molar-refractivity contribution >= 4 is 29.3 Å². The Hall–Kier alpha value is -0.710. The van der Waals surface area contributed by atoms with Crippen molar-refractivity contribution in [3.8, 4) is 0 Å². The van der Waals surface area contributed by atoms with Gasteiger partial charge in [-0.05, 0) is 63.1 Å². The third kappa shape index (κ3) is 3.22. The fourth-order valence-corrected chi connectivity index (χ4v) is 3.98. The van der Waals surface area contributed by atoms with Crippen LogP contribution in [0.1, 0.15) is 42.5 Å². The van der Waals surface area contributed by atoms with Gasteiger partial charge >= 0.3 is 0 Å². The third-order valence-electron chi connectivity index (χ3n) is 4.69. The summed E-state index contributed by atoms with van der Waals surface area (Å²) in [6, 6.07) is 5.88. The van der Waals surface area contributed by atoms with Crippen molar-refractivity contribution in [1.29, 1.82) is 0 Å². The molecule has 21 heavy (non-hydrogen) atoms. The van der Waals surface area contributed by atoms with Crippen LogP contribution < -0.4 is 10.6 Å². The zero-order chi connectivity index (χ0) is 14.9. The van der Waals surface area contributed by atoms with Crippen LogP contribution in [0, 0.1) is 0 Å². The lowest BCUT2D eigenvalue weighted by molar-refractivity contribution is 0.0853. The summed E-state index contributed by atoms with van der Waals surface area (Å²) in [5.74, 6) is -0.0442. The third-order valence-corrected chi connectivity index (χ3v) is 5.75. The first kappa shape index (κ1) is 15.2. The van der Waals surface area contributed by atoms with E-state index in [1.54, 1.807) is 17.8 Å². The quantitative estimate of drug-likeness (QED) is 0.837. The molecule has 3 rings (SSSR count). The second-order valence-electron chi connectivity index (χ2n) is 6.07. The van der Waals surface area contributed by atoms with Crippen LogP contribution >= 0.6 is 23.4 Å². The van der Waals surface area contributed by atoms with Crippen LogP contribution in [0.15, 0.2) is 23.1 Å². The summed E-state index contributed by atoms with van der Waals surface area (Å²) >= 11 is 7.80. The number of piperidine rings is 1. The lowest BCUT2D eigenvalue weighted by Crippen LogP contribution is -2.59. The summed E-state index contributed by atoms with van der Waals surface area (Å²) in [5.41, 5.74) is 0.880. The Labute approximate surface area is 135 Å². The lowest BCUT2D eigenvalue weighted by atomic mass is 9.70. The summed E-state index contributed by atoms with van der Waals surface area (Å²) < 4.78 is 0. The molecule has 0 radical (unpaired) electrons. The monoisotopic (exact) mass is 324 g/mol. The van der Waals surface area contributed by atoms with Crippen LogP contribution in [0.2, 0.25) is 5.02 Å². The van der Waals surface area contributed by atoms with Gasteiger partial charge in [-0.2, -0.15) is 0 Å². The van der Waals surface area contributed by atoms with Gasteiger partial charge in [0, 0.05) is 16.5 Å². The topological polar surface area (TPSA) is 41.1 Å². The van der Waals surface area contributed by atoms with Crippen molar-refractivity contribution in [3.63, 3.8) is 0 Å². The van der Waals surface area contributed by atoms with Gasteiger partial charge in [-0.1, -0.05) is 11.6 Å². The summed E-state index contributed by atoms with van der Waals surface area (Å²) in [5, 5.41) is 7.33. The molecule has 1 aromatic rings. The standard InChI is InChI=1S/C16H21ClN2OS/c1-21-12-3-4-14(17)13(9-12)15(20)19-11-5-8-18-16(10-11)6-2-7-16/h3-4,9,11,18H,2,5-8,10H2,1H3,(H,19,20). The number of carbonyl (C=O) groups excluding carboxylic acids is 1. The van der Waals surface area contributed by atoms with Gasteiger partial charge in [0.15, 0.2) is 0 Å². The van der Waals surface area contributed by atoms with E-state index in [0.29, 0.717) is 16.1 Å². The molecule has 1 aliphatic carbocycles. The second-order valence-corrected chi connectivity index (χ2v) is 7.36. The van der Waals surface area contributed by atoms with Crippen LogP contribution in [-0.4, -0.2) is 30.3 Å². The number of carbonyl (C=O) groups is 1. The van der Waals surface area contributed by atoms with E-state index < -0.39 is 0 Å². The van der Waals surface area contributed by atoms with Crippen molar-refractivity contribution in [1.82, 2.24) is 10.6 Å². The van der Waals surface area contributed by atoms with Crippen LogP contribution in [0.4, 0.5) is 0 Å². The van der Waals surface area contributed by atoms with Gasteiger partial charge in [0.1, 0.15) is 0 Å². The highest BCUT2D eigenvalue weighted by Crippen LogP contribution is 2.38. The average molecular weight is 325 g/mol. The maximum atomic E-state index is 12.5. The highest BCUT2D eigenvalue weighted by molar-refractivity contribution is 7.98. The SMILES string of the molecule is CSc1ccc(Cl)c(C(=O)NC2CCNC3(CCC3)C2)c1. The highest BCUT2D eigenvalue weighted by atomic mass is 35.5. The normalized spacial score (nSPS) is 23.6. The summed E-state index contributed by atoms with van der Waals surface area (Å²) in [4.78, 5) is 13.6. The molecule has 1 atom stereocenters. The molecule has 2 aliphatic rings. The first-order valence-electron chi connectivity index (χ1n) is 7.51. The van der Waals surface area contributed by atoms with Gasteiger partial charge in [0.2, 0.25) is 0 Å². The molecule has 1 heterocycles. The van der Waals surface area contributed by atoms with Crippen molar-refractivity contribution in [2.45, 2.75) is 48.6 Å². The van der Waals surface area contributed by atoms with Crippen molar-refractivity contribution in [2.24, 2.45) is 0 Å². The fourth-order valence-electron chi connectivity index (χ4n) is 3.33. The molecule has 1 saturated carbocycles. The van der Waals surface area contributed by atoms with E-state index in [1.807, 2.05) is 18.4 Å². The molecule has 1 unspecified atom stereocenters. The fraction of sp³-hybridized carbons (Fsp3) is 0.562. The van der Waals surface area contributed by atoms with E-state index >= 15 is 0 Å². The molecular weight excluding hydrogens is 304 g/mol. The summed E-state index contributed by atoms with van der Waals surface area (Å²) in [6.45, 7) is 0.990. The Morgan fingerprint density at radius 2 is 2.29 bits per heavy atom. The van der Waals surface area contributed by atoms with Crippen molar-refractivity contribution in [2.75, 3.05) is 12.8 Å². The molecule has 3 nitrogen and oxygen atoms in total. The number of nitrogens with one attached hydrogen (secondary N) is 2. The van der Waals surface area contributed by atoms with Crippen LogP contribution in [0.3, 0.4) is 0 Å². The predicted octanol–water partition coefficient (Wildman–Crippen LogP) is 3.47. The van der Waals surface area contributed by atoms with E-state index in [1.165, 1.54) is 19.3 Å². The number of rotatable bonds is 3. The zero-order valence-electron chi connectivity index (χ0n) is 12.2. The highest BCUT2D eigenvalue weighted by Gasteiger charge is 2.41. The molecule has 1 spiro atoms. The predicted molar refractivity (Wildman–Crippen MR) is 88.3 cm³/mol. The van der Waals surface area contributed by atoms with Crippen LogP contribution in [0.5, 0.6) is 0 Å². The molecule has 2 fully saturated rings. The Bertz CT molecular complexity index is 545. The number of halogens is 1. The minimum absolute atomic E-state index is 0.0442. The lowest BCUT2D eigenvalue weighted by Gasteiger charge is -2.48. The molecular formula is C16H21ClN2OS. The molecule has 2 N–H and O–H groups in total. The van der Waals surface area contributed by atoms with E-state index in [-0.39, 0.29) is 11.9 Å². The number of hydrogen-bond donors (Lipinski definition) is 2. The van der Waals surface area contributed by atoms with E-state index in [4.69, 9.17) is 11.6 Å². The van der Waals surface area contributed by atoms with Crippen molar-refractivity contribution in [3.05, 3.63) is 28.8 Å². The van der Waals surface area contributed by atoms with Gasteiger partial charge < -0.3 is 10.6 Å². The number of amides is 1. The molecule has 0 bridgehead atoms. The van der Waals surface area contributed by atoms with Gasteiger partial charge in [-0.15, -0.1) is 11.8 Å². The molecule has 0 aromatic heterocycles. The average Bonchev–Trinajstić information content (AvgIpc) is 2.46. The molecule has 1 amide bonds. The summed E-state index contributed by atoms with van der Waals surface area (Å²) in [6.07, 6.45) is 7.81. The summed E-state index contributed by atoms with van der Waals surface area (Å²) in [7, 11) is 0. The smallest absolute Gasteiger partial charge is 0.253 e. The van der Waals surface area contributed by atoms with E-state index in [9.17, 15) is 4.79 Å². The molecule has 1 aliphatic heterocycles. The first-order chi connectivity index (χ1) is 10.1.